The smallest absolute Gasteiger partial charge is 0.335 e. The van der Waals surface area contributed by atoms with E-state index in [4.69, 9.17) is 11.5 Å². The van der Waals surface area contributed by atoms with Gasteiger partial charge >= 0.3 is 5.97 Å². The van der Waals surface area contributed by atoms with Crippen LogP contribution in [0.4, 0.5) is 0 Å². The number of halogens is 1. The van der Waals surface area contributed by atoms with Crippen LogP contribution in [0.15, 0.2) is 21.5 Å². The molecule has 0 aliphatic rings. The van der Waals surface area contributed by atoms with Gasteiger partial charge in [-0.3, -0.25) is 0 Å². The number of nitrogens with one attached hydrogen (secondary N) is 1. The molecule has 0 aliphatic heterocycles. The Balaban J connectivity index is 3.42. The Hall–Kier alpha value is -1.36. The molecule has 0 bridgehead atoms. The fourth-order valence-corrected chi connectivity index (χ4v) is 3.59. The lowest BCUT2D eigenvalue weighted by Gasteiger charge is -2.12. The van der Waals surface area contributed by atoms with Crippen molar-refractivity contribution in [3.8, 4) is 12.3 Å². The third-order valence-electron chi connectivity index (χ3n) is 2.34. The Morgan fingerprint density at radius 1 is 1.53 bits per heavy atom. The summed E-state index contributed by atoms with van der Waals surface area (Å²) >= 11 is 3.15. The molecule has 0 saturated carbocycles. The van der Waals surface area contributed by atoms with Gasteiger partial charge in [0.05, 0.1) is 16.5 Å². The highest BCUT2D eigenvalue weighted by atomic mass is 79.9. The highest BCUT2D eigenvalue weighted by Crippen LogP contribution is 2.27. The first kappa shape index (κ1) is 15.7. The molecule has 0 spiro atoms. The van der Waals surface area contributed by atoms with Crippen LogP contribution < -0.4 is 4.72 Å². The predicted octanol–water partition coefficient (Wildman–Crippen LogP) is 1.76. The van der Waals surface area contributed by atoms with Crippen LogP contribution in [0, 0.1) is 19.3 Å². The largest absolute Gasteiger partial charge is 0.478 e. The molecule has 0 saturated heterocycles. The van der Waals surface area contributed by atoms with Gasteiger partial charge in [0.1, 0.15) is 0 Å². The predicted molar refractivity (Wildman–Crippen MR) is 74.5 cm³/mol. The van der Waals surface area contributed by atoms with Crippen molar-refractivity contribution < 1.29 is 18.3 Å². The molecule has 0 aliphatic carbocycles. The van der Waals surface area contributed by atoms with E-state index >= 15 is 0 Å². The number of terminal acetylenes is 1. The maximum atomic E-state index is 12.1. The average Bonchev–Trinajstić information content (AvgIpc) is 2.31. The minimum Gasteiger partial charge on any atom is -0.478 e. The number of carboxylic acids is 1. The van der Waals surface area contributed by atoms with Crippen molar-refractivity contribution in [2.45, 2.75) is 24.8 Å². The van der Waals surface area contributed by atoms with Crippen LogP contribution in [-0.4, -0.2) is 25.5 Å². The zero-order chi connectivity index (χ0) is 14.8. The second kappa shape index (κ2) is 5.74. The van der Waals surface area contributed by atoms with Crippen LogP contribution in [-0.2, 0) is 10.0 Å². The van der Waals surface area contributed by atoms with Gasteiger partial charge in [-0.1, -0.05) is 5.92 Å². The Morgan fingerprint density at radius 2 is 2.11 bits per heavy atom. The second-order valence-electron chi connectivity index (χ2n) is 3.92. The number of benzene rings is 1. The number of aryl methyl sites for hydroxylation is 1. The van der Waals surface area contributed by atoms with E-state index in [9.17, 15) is 13.2 Å². The van der Waals surface area contributed by atoms with Gasteiger partial charge < -0.3 is 5.11 Å². The van der Waals surface area contributed by atoms with Crippen molar-refractivity contribution in [1.29, 1.82) is 0 Å². The first-order valence-electron chi connectivity index (χ1n) is 5.21. The van der Waals surface area contributed by atoms with Crippen LogP contribution in [0.5, 0.6) is 0 Å². The van der Waals surface area contributed by atoms with Gasteiger partial charge in [-0.15, -0.1) is 6.42 Å². The molecule has 1 atom stereocenters. The van der Waals surface area contributed by atoms with E-state index in [2.05, 4.69) is 26.6 Å². The standard InChI is InChI=1S/C12H12BrNO4S/c1-4-8(3)14-19(17,18)10-6-9(12(15)16)5-7(2)11(10)13/h1,5-6,8,14H,2-3H3,(H,15,16). The fraction of sp³-hybridized carbons (Fsp3) is 0.250. The Bertz CT molecular complexity index is 661. The average molecular weight is 346 g/mol. The SMILES string of the molecule is C#CC(C)NS(=O)(=O)c1cc(C(=O)O)cc(C)c1Br. The monoisotopic (exact) mass is 345 g/mol. The van der Waals surface area contributed by atoms with Crippen LogP contribution in [0.3, 0.4) is 0 Å². The third kappa shape index (κ3) is 3.56. The number of carbonyl (C=O) groups is 1. The highest BCUT2D eigenvalue weighted by Gasteiger charge is 2.22. The van der Waals surface area contributed by atoms with Gasteiger partial charge in [0.25, 0.3) is 0 Å². The van der Waals surface area contributed by atoms with E-state index in [0.29, 0.717) is 10.0 Å². The van der Waals surface area contributed by atoms with Crippen LogP contribution in [0.1, 0.15) is 22.8 Å². The molecule has 0 aromatic heterocycles. The van der Waals surface area contributed by atoms with Gasteiger partial charge in [-0.05, 0) is 47.5 Å². The Labute approximate surface area is 120 Å². The van der Waals surface area contributed by atoms with Crippen molar-refractivity contribution in [1.82, 2.24) is 4.72 Å². The lowest BCUT2D eigenvalue weighted by Crippen LogP contribution is -2.31. The summed E-state index contributed by atoms with van der Waals surface area (Å²) < 4.78 is 26.8. The molecule has 1 rings (SSSR count). The van der Waals surface area contributed by atoms with Crippen LogP contribution in [0.25, 0.3) is 0 Å². The van der Waals surface area contributed by atoms with Gasteiger partial charge in [0, 0.05) is 4.47 Å². The topological polar surface area (TPSA) is 83.5 Å². The normalized spacial score (nSPS) is 12.7. The molecule has 0 amide bonds. The number of rotatable bonds is 4. The molecular formula is C12H12BrNO4S. The Morgan fingerprint density at radius 3 is 2.58 bits per heavy atom. The first-order valence-corrected chi connectivity index (χ1v) is 7.48. The van der Waals surface area contributed by atoms with E-state index in [-0.39, 0.29) is 10.5 Å². The summed E-state index contributed by atoms with van der Waals surface area (Å²) in [6.45, 7) is 3.12. The van der Waals surface area contributed by atoms with Crippen molar-refractivity contribution in [3.05, 3.63) is 27.7 Å². The molecule has 5 nitrogen and oxygen atoms in total. The van der Waals surface area contributed by atoms with E-state index in [1.165, 1.54) is 13.0 Å². The van der Waals surface area contributed by atoms with Gasteiger partial charge in [0.2, 0.25) is 10.0 Å². The van der Waals surface area contributed by atoms with E-state index in [1.807, 2.05) is 0 Å². The van der Waals surface area contributed by atoms with Crippen molar-refractivity contribution in [2.75, 3.05) is 0 Å². The molecule has 7 heteroatoms. The third-order valence-corrected chi connectivity index (χ3v) is 5.22. The number of carboxylic acid groups (broad SMARTS) is 1. The van der Waals surface area contributed by atoms with E-state index in [0.717, 1.165) is 6.07 Å². The minimum absolute atomic E-state index is 0.102. The maximum Gasteiger partial charge on any atom is 0.335 e. The van der Waals surface area contributed by atoms with Gasteiger partial charge in [-0.2, -0.15) is 4.72 Å². The van der Waals surface area contributed by atoms with Crippen molar-refractivity contribution in [2.24, 2.45) is 0 Å². The van der Waals surface area contributed by atoms with Gasteiger partial charge in [0.15, 0.2) is 0 Å². The van der Waals surface area contributed by atoms with E-state index in [1.54, 1.807) is 6.92 Å². The summed E-state index contributed by atoms with van der Waals surface area (Å²) in [7, 11) is -3.88. The first-order chi connectivity index (χ1) is 8.69. The lowest BCUT2D eigenvalue weighted by molar-refractivity contribution is 0.0696. The number of hydrogen-bond donors (Lipinski definition) is 2. The summed E-state index contributed by atoms with van der Waals surface area (Å²) in [5.41, 5.74) is 0.406. The lowest BCUT2D eigenvalue weighted by atomic mass is 10.1. The van der Waals surface area contributed by atoms with Crippen LogP contribution >= 0.6 is 15.9 Å². The number of hydrogen-bond acceptors (Lipinski definition) is 3. The highest BCUT2D eigenvalue weighted by molar-refractivity contribution is 9.10. The summed E-state index contributed by atoms with van der Waals surface area (Å²) in [5.74, 6) is 1.04. The molecule has 0 fully saturated rings. The molecule has 2 N–H and O–H groups in total. The van der Waals surface area contributed by atoms with Crippen LogP contribution in [0.2, 0.25) is 0 Å². The maximum absolute atomic E-state index is 12.1. The van der Waals surface area contributed by atoms with E-state index < -0.39 is 22.0 Å². The second-order valence-corrected chi connectivity index (χ2v) is 6.40. The molecular weight excluding hydrogens is 334 g/mol. The molecule has 1 aromatic carbocycles. The molecule has 102 valence electrons. The summed E-state index contributed by atoms with van der Waals surface area (Å²) in [5, 5.41) is 8.96. The fourth-order valence-electron chi connectivity index (χ4n) is 1.39. The summed E-state index contributed by atoms with van der Waals surface area (Å²) in [6.07, 6.45) is 5.12. The van der Waals surface area contributed by atoms with Crippen molar-refractivity contribution >= 4 is 31.9 Å². The summed E-state index contributed by atoms with van der Waals surface area (Å²) in [6, 6.07) is 1.78. The quantitative estimate of drug-likeness (QED) is 0.814. The number of aromatic carboxylic acids is 1. The zero-order valence-electron chi connectivity index (χ0n) is 10.3. The summed E-state index contributed by atoms with van der Waals surface area (Å²) in [4.78, 5) is 10.8. The Kier molecular flexibility index (Phi) is 4.74. The molecule has 0 heterocycles. The molecule has 1 aromatic rings. The number of sulfonamides is 1. The molecule has 0 radical (unpaired) electrons. The van der Waals surface area contributed by atoms with Crippen molar-refractivity contribution in [3.63, 3.8) is 0 Å². The molecule has 19 heavy (non-hydrogen) atoms. The molecule has 1 unspecified atom stereocenters. The zero-order valence-corrected chi connectivity index (χ0v) is 12.7. The van der Waals surface area contributed by atoms with Gasteiger partial charge in [-0.25, -0.2) is 13.2 Å². The minimum atomic E-state index is -3.88.